The lowest BCUT2D eigenvalue weighted by atomic mass is 10.2. The highest BCUT2D eigenvalue weighted by Crippen LogP contribution is 2.22. The van der Waals surface area contributed by atoms with Crippen molar-refractivity contribution in [1.29, 1.82) is 0 Å². The molecule has 7 nitrogen and oxygen atoms in total. The van der Waals surface area contributed by atoms with E-state index in [1.165, 1.54) is 16.4 Å². The first-order valence-corrected chi connectivity index (χ1v) is 11.6. The minimum Gasteiger partial charge on any atom is -0.494 e. The molecule has 1 fully saturated rings. The molecule has 1 aliphatic heterocycles. The van der Waals surface area contributed by atoms with Crippen molar-refractivity contribution in [3.8, 4) is 5.75 Å². The highest BCUT2D eigenvalue weighted by molar-refractivity contribution is 7.89. The van der Waals surface area contributed by atoms with Crippen molar-refractivity contribution >= 4 is 15.9 Å². The quantitative estimate of drug-likeness (QED) is 0.640. The fraction of sp³-hybridized carbons (Fsp3) is 0.409. The van der Waals surface area contributed by atoms with Gasteiger partial charge in [-0.3, -0.25) is 4.79 Å². The molecule has 3 rings (SSSR count). The van der Waals surface area contributed by atoms with Crippen molar-refractivity contribution in [2.75, 3.05) is 46.4 Å². The molecule has 0 N–H and O–H groups in total. The minimum absolute atomic E-state index is 0.135. The molecule has 8 heteroatoms. The van der Waals surface area contributed by atoms with Crippen LogP contribution in [0.2, 0.25) is 0 Å². The molecule has 1 aliphatic rings. The molecular weight excluding hydrogens is 402 g/mol. The first-order chi connectivity index (χ1) is 14.4. The van der Waals surface area contributed by atoms with Crippen LogP contribution in [0.4, 0.5) is 0 Å². The highest BCUT2D eigenvalue weighted by atomic mass is 32.2. The van der Waals surface area contributed by atoms with Crippen molar-refractivity contribution in [1.82, 2.24) is 14.1 Å². The molecule has 0 saturated carbocycles. The molecule has 162 valence electrons. The molecule has 1 heterocycles. The van der Waals surface area contributed by atoms with Crippen LogP contribution in [0.1, 0.15) is 12.5 Å². The highest BCUT2D eigenvalue weighted by Gasteiger charge is 2.29. The smallest absolute Gasteiger partial charge is 0.243 e. The van der Waals surface area contributed by atoms with E-state index in [0.29, 0.717) is 25.4 Å². The van der Waals surface area contributed by atoms with E-state index in [1.807, 2.05) is 44.3 Å². The molecule has 30 heavy (non-hydrogen) atoms. The van der Waals surface area contributed by atoms with Gasteiger partial charge in [0.05, 0.1) is 18.0 Å². The Morgan fingerprint density at radius 2 is 1.63 bits per heavy atom. The van der Waals surface area contributed by atoms with Crippen molar-refractivity contribution in [2.24, 2.45) is 0 Å². The molecule has 0 unspecified atom stereocenters. The number of hydrogen-bond donors (Lipinski definition) is 0. The zero-order valence-electron chi connectivity index (χ0n) is 17.5. The zero-order valence-corrected chi connectivity index (χ0v) is 18.3. The third kappa shape index (κ3) is 5.59. The topological polar surface area (TPSA) is 70.2 Å². The molecule has 0 spiro atoms. The summed E-state index contributed by atoms with van der Waals surface area (Å²) < 4.78 is 33.4. The van der Waals surface area contributed by atoms with Gasteiger partial charge in [0, 0.05) is 32.7 Å². The van der Waals surface area contributed by atoms with Gasteiger partial charge in [-0.2, -0.15) is 4.31 Å². The Balaban J connectivity index is 1.83. The number of piperazine rings is 1. The predicted molar refractivity (Wildman–Crippen MR) is 116 cm³/mol. The molecule has 1 saturated heterocycles. The summed E-state index contributed by atoms with van der Waals surface area (Å²) in [6, 6.07) is 15.7. The summed E-state index contributed by atoms with van der Waals surface area (Å²) in [6.07, 6.45) is 0. The van der Waals surface area contributed by atoms with Gasteiger partial charge in [-0.05, 0) is 43.8 Å². The summed E-state index contributed by atoms with van der Waals surface area (Å²) in [5, 5.41) is 0. The molecule has 0 radical (unpaired) electrons. The molecular formula is C22H29N3O4S. The summed E-state index contributed by atoms with van der Waals surface area (Å²) in [5.41, 5.74) is 0.832. The van der Waals surface area contributed by atoms with Gasteiger partial charge in [0.1, 0.15) is 5.75 Å². The van der Waals surface area contributed by atoms with E-state index in [9.17, 15) is 13.2 Å². The minimum atomic E-state index is -3.86. The third-order valence-electron chi connectivity index (χ3n) is 5.14. The van der Waals surface area contributed by atoms with E-state index >= 15 is 0 Å². The number of sulfonamides is 1. The van der Waals surface area contributed by atoms with E-state index in [0.717, 1.165) is 18.7 Å². The lowest BCUT2D eigenvalue weighted by Gasteiger charge is -2.33. The zero-order chi connectivity index (χ0) is 21.6. The molecule has 0 bridgehead atoms. The predicted octanol–water partition coefficient (Wildman–Crippen LogP) is 2.05. The van der Waals surface area contributed by atoms with Gasteiger partial charge in [-0.15, -0.1) is 0 Å². The van der Waals surface area contributed by atoms with E-state index in [1.54, 1.807) is 17.0 Å². The van der Waals surface area contributed by atoms with Crippen molar-refractivity contribution < 1.29 is 17.9 Å². The largest absolute Gasteiger partial charge is 0.494 e. The Morgan fingerprint density at radius 3 is 2.23 bits per heavy atom. The van der Waals surface area contributed by atoms with Gasteiger partial charge >= 0.3 is 0 Å². The fourth-order valence-electron chi connectivity index (χ4n) is 3.34. The molecule has 0 atom stereocenters. The van der Waals surface area contributed by atoms with Gasteiger partial charge in [0.25, 0.3) is 0 Å². The van der Waals surface area contributed by atoms with E-state index in [-0.39, 0.29) is 23.9 Å². The van der Waals surface area contributed by atoms with E-state index in [2.05, 4.69) is 4.90 Å². The second kappa shape index (κ2) is 10.1. The summed E-state index contributed by atoms with van der Waals surface area (Å²) in [6.45, 7) is 5.12. The van der Waals surface area contributed by atoms with Crippen molar-refractivity contribution in [3.63, 3.8) is 0 Å². The van der Waals surface area contributed by atoms with Crippen LogP contribution in [-0.2, 0) is 21.4 Å². The number of ether oxygens (including phenoxy) is 1. The van der Waals surface area contributed by atoms with Gasteiger partial charge in [0.15, 0.2) is 0 Å². The third-order valence-corrected chi connectivity index (χ3v) is 6.95. The number of hydrogen-bond acceptors (Lipinski definition) is 5. The fourth-order valence-corrected chi connectivity index (χ4v) is 4.72. The standard InChI is InChI=1S/C22H29N3O4S/c1-3-29-20-9-11-21(12-10-20)30(27,28)25(17-19-7-5-4-6-8-19)18-22(26)24-15-13-23(2)14-16-24/h4-12H,3,13-18H2,1-2H3. The number of likely N-dealkylation sites (N-methyl/N-ethyl adjacent to an activating group) is 1. The van der Waals surface area contributed by atoms with Crippen LogP contribution in [0.25, 0.3) is 0 Å². The van der Waals surface area contributed by atoms with Crippen LogP contribution in [0.3, 0.4) is 0 Å². The Bertz CT molecular complexity index is 925. The number of rotatable bonds is 8. The summed E-state index contributed by atoms with van der Waals surface area (Å²) in [7, 11) is -1.84. The average Bonchev–Trinajstić information content (AvgIpc) is 2.75. The lowest BCUT2D eigenvalue weighted by molar-refractivity contribution is -0.133. The van der Waals surface area contributed by atoms with Crippen LogP contribution < -0.4 is 4.74 Å². The molecule has 0 aliphatic carbocycles. The van der Waals surface area contributed by atoms with Crippen molar-refractivity contribution in [3.05, 3.63) is 60.2 Å². The Labute approximate surface area is 178 Å². The van der Waals surface area contributed by atoms with Gasteiger partial charge in [-0.25, -0.2) is 8.42 Å². The molecule has 0 aromatic heterocycles. The second-order valence-electron chi connectivity index (χ2n) is 7.35. The van der Waals surface area contributed by atoms with Crippen LogP contribution in [-0.4, -0.2) is 74.8 Å². The first kappa shape index (κ1) is 22.3. The van der Waals surface area contributed by atoms with E-state index in [4.69, 9.17) is 4.74 Å². The monoisotopic (exact) mass is 431 g/mol. The molecule has 2 aromatic rings. The van der Waals surface area contributed by atoms with Crippen LogP contribution in [0, 0.1) is 0 Å². The van der Waals surface area contributed by atoms with Gasteiger partial charge < -0.3 is 14.5 Å². The Kier molecular flexibility index (Phi) is 7.47. The number of carbonyl (C=O) groups excluding carboxylic acids is 1. The summed E-state index contributed by atoms with van der Waals surface area (Å²) in [4.78, 5) is 16.9. The first-order valence-electron chi connectivity index (χ1n) is 10.1. The maximum atomic E-state index is 13.4. The number of amides is 1. The van der Waals surface area contributed by atoms with Crippen LogP contribution in [0.5, 0.6) is 5.75 Å². The Morgan fingerprint density at radius 1 is 1.00 bits per heavy atom. The lowest BCUT2D eigenvalue weighted by Crippen LogP contribution is -2.50. The second-order valence-corrected chi connectivity index (χ2v) is 9.29. The SMILES string of the molecule is CCOc1ccc(S(=O)(=O)N(CC(=O)N2CCN(C)CC2)Cc2ccccc2)cc1. The maximum absolute atomic E-state index is 13.4. The summed E-state index contributed by atoms with van der Waals surface area (Å²) >= 11 is 0. The summed E-state index contributed by atoms with van der Waals surface area (Å²) in [5.74, 6) is 0.438. The molecule has 1 amide bonds. The average molecular weight is 432 g/mol. The maximum Gasteiger partial charge on any atom is 0.243 e. The van der Waals surface area contributed by atoms with Crippen LogP contribution in [0.15, 0.2) is 59.5 Å². The van der Waals surface area contributed by atoms with Gasteiger partial charge in [-0.1, -0.05) is 30.3 Å². The Hall–Kier alpha value is -2.42. The van der Waals surface area contributed by atoms with Crippen LogP contribution >= 0.6 is 0 Å². The van der Waals surface area contributed by atoms with E-state index < -0.39 is 10.0 Å². The number of nitrogens with zero attached hydrogens (tertiary/aromatic N) is 3. The number of benzene rings is 2. The van der Waals surface area contributed by atoms with Gasteiger partial charge in [0.2, 0.25) is 15.9 Å². The molecule has 2 aromatic carbocycles. The van der Waals surface area contributed by atoms with Crippen molar-refractivity contribution in [2.45, 2.75) is 18.4 Å². The normalized spacial score (nSPS) is 15.4. The number of carbonyl (C=O) groups is 1.